The Morgan fingerprint density at radius 3 is 2.79 bits per heavy atom. The number of carboxylic acid groups (broad SMARTS) is 1. The fourth-order valence-electron chi connectivity index (χ4n) is 1.22. The van der Waals surface area contributed by atoms with Gasteiger partial charge in [0.2, 0.25) is 0 Å². The summed E-state index contributed by atoms with van der Waals surface area (Å²) in [7, 11) is 0. The molecule has 1 atom stereocenters. The third-order valence-corrected chi connectivity index (χ3v) is 1.90. The first-order valence-electron chi connectivity index (χ1n) is 4.11. The van der Waals surface area contributed by atoms with Crippen LogP contribution in [0.5, 0.6) is 0 Å². The van der Waals surface area contributed by atoms with Crippen molar-refractivity contribution in [1.29, 1.82) is 5.26 Å². The molecule has 0 aliphatic carbocycles. The summed E-state index contributed by atoms with van der Waals surface area (Å²) in [5, 5.41) is 17.3. The van der Waals surface area contributed by atoms with Crippen LogP contribution in [-0.2, 0) is 0 Å². The maximum Gasteiger partial charge on any atom is 0.336 e. The zero-order valence-corrected chi connectivity index (χ0v) is 7.47. The van der Waals surface area contributed by atoms with E-state index in [0.717, 1.165) is 0 Å². The van der Waals surface area contributed by atoms with Crippen LogP contribution in [0.1, 0.15) is 28.4 Å². The van der Waals surface area contributed by atoms with Gasteiger partial charge in [0.15, 0.2) is 0 Å². The van der Waals surface area contributed by atoms with Crippen LogP contribution >= 0.6 is 0 Å². The van der Waals surface area contributed by atoms with Gasteiger partial charge in [0, 0.05) is 6.04 Å². The van der Waals surface area contributed by atoms with E-state index in [-0.39, 0.29) is 12.0 Å². The minimum atomic E-state index is -1.02. The van der Waals surface area contributed by atoms with Gasteiger partial charge in [0.05, 0.1) is 18.1 Å². The number of nitrogens with two attached hydrogens (primary N) is 1. The Bertz CT molecular complexity index is 382. The van der Waals surface area contributed by atoms with E-state index in [1.54, 1.807) is 18.2 Å². The van der Waals surface area contributed by atoms with Gasteiger partial charge < -0.3 is 10.8 Å². The molecule has 0 radical (unpaired) electrons. The summed E-state index contributed by atoms with van der Waals surface area (Å²) in [6.07, 6.45) is 0.115. The van der Waals surface area contributed by atoms with Gasteiger partial charge in [-0.25, -0.2) is 4.79 Å². The number of nitrogens with zero attached hydrogens (tertiary/aromatic N) is 1. The molecule has 1 aromatic rings. The third-order valence-electron chi connectivity index (χ3n) is 1.90. The summed E-state index contributed by atoms with van der Waals surface area (Å²) in [5.41, 5.74) is 6.32. The van der Waals surface area contributed by atoms with Gasteiger partial charge in [-0.15, -0.1) is 0 Å². The molecule has 0 aliphatic rings. The Balaban J connectivity index is 3.08. The maximum atomic E-state index is 10.8. The molecule has 0 amide bonds. The smallest absolute Gasteiger partial charge is 0.336 e. The fourth-order valence-corrected chi connectivity index (χ4v) is 1.22. The second kappa shape index (κ2) is 4.40. The van der Waals surface area contributed by atoms with Crippen molar-refractivity contribution in [2.75, 3.05) is 0 Å². The number of carbonyl (C=O) groups is 1. The van der Waals surface area contributed by atoms with Crippen molar-refractivity contribution in [1.82, 2.24) is 0 Å². The van der Waals surface area contributed by atoms with Crippen molar-refractivity contribution in [3.05, 3.63) is 35.4 Å². The van der Waals surface area contributed by atoms with Gasteiger partial charge in [0.25, 0.3) is 0 Å². The number of hydrogen-bond donors (Lipinski definition) is 2. The molecule has 0 saturated carbocycles. The molecule has 0 heterocycles. The standard InChI is InChI=1S/C10H10N2O2/c11-6-5-9(12)7-3-1-2-4-8(7)10(13)14/h1-4,9H,5,12H2,(H,13,14). The molecule has 0 aliphatic heterocycles. The van der Waals surface area contributed by atoms with Crippen LogP contribution in [-0.4, -0.2) is 11.1 Å². The molecule has 72 valence electrons. The number of benzene rings is 1. The Hall–Kier alpha value is -1.86. The summed E-state index contributed by atoms with van der Waals surface area (Å²) in [4.78, 5) is 10.8. The second-order valence-corrected chi connectivity index (χ2v) is 2.86. The first-order valence-corrected chi connectivity index (χ1v) is 4.11. The van der Waals surface area contributed by atoms with Crippen LogP contribution in [0.4, 0.5) is 0 Å². The van der Waals surface area contributed by atoms with Crippen LogP contribution in [0.25, 0.3) is 0 Å². The van der Waals surface area contributed by atoms with Crippen molar-refractivity contribution < 1.29 is 9.90 Å². The average Bonchev–Trinajstić information content (AvgIpc) is 2.18. The van der Waals surface area contributed by atoms with Crippen molar-refractivity contribution in [3.63, 3.8) is 0 Å². The van der Waals surface area contributed by atoms with Gasteiger partial charge in [-0.2, -0.15) is 5.26 Å². The Morgan fingerprint density at radius 1 is 1.57 bits per heavy atom. The predicted molar refractivity (Wildman–Crippen MR) is 50.6 cm³/mol. The zero-order valence-electron chi connectivity index (χ0n) is 7.47. The molecule has 4 heteroatoms. The molecule has 0 aromatic heterocycles. The molecule has 0 fully saturated rings. The number of nitriles is 1. The lowest BCUT2D eigenvalue weighted by Crippen LogP contribution is -2.14. The summed E-state index contributed by atoms with van der Waals surface area (Å²) in [5.74, 6) is -1.02. The van der Waals surface area contributed by atoms with Crippen LogP contribution in [0.3, 0.4) is 0 Å². The van der Waals surface area contributed by atoms with Crippen molar-refractivity contribution in [2.45, 2.75) is 12.5 Å². The first kappa shape index (κ1) is 10.2. The third kappa shape index (κ3) is 2.09. The van der Waals surface area contributed by atoms with Crippen molar-refractivity contribution in [3.8, 4) is 6.07 Å². The Morgan fingerprint density at radius 2 is 2.21 bits per heavy atom. The van der Waals surface area contributed by atoms with E-state index in [2.05, 4.69) is 0 Å². The lowest BCUT2D eigenvalue weighted by molar-refractivity contribution is 0.0695. The monoisotopic (exact) mass is 190 g/mol. The molecule has 1 rings (SSSR count). The van der Waals surface area contributed by atoms with E-state index >= 15 is 0 Å². The van der Waals surface area contributed by atoms with Gasteiger partial charge in [-0.05, 0) is 11.6 Å². The quantitative estimate of drug-likeness (QED) is 0.751. The number of hydrogen-bond acceptors (Lipinski definition) is 3. The minimum absolute atomic E-state index is 0.115. The lowest BCUT2D eigenvalue weighted by Gasteiger charge is -2.10. The minimum Gasteiger partial charge on any atom is -0.478 e. The molecule has 1 unspecified atom stereocenters. The molecular weight excluding hydrogens is 180 g/mol. The highest BCUT2D eigenvalue weighted by atomic mass is 16.4. The number of aromatic carboxylic acids is 1. The largest absolute Gasteiger partial charge is 0.478 e. The van der Waals surface area contributed by atoms with Crippen LogP contribution in [0, 0.1) is 11.3 Å². The SMILES string of the molecule is N#CCC(N)c1ccccc1C(=O)O. The normalized spacial score (nSPS) is 11.7. The van der Waals surface area contributed by atoms with Gasteiger partial charge in [-0.1, -0.05) is 18.2 Å². The molecule has 0 saturated heterocycles. The highest BCUT2D eigenvalue weighted by molar-refractivity contribution is 5.89. The topological polar surface area (TPSA) is 87.1 Å². The van der Waals surface area contributed by atoms with E-state index in [1.165, 1.54) is 6.07 Å². The molecule has 3 N–H and O–H groups in total. The Labute approximate surface area is 81.6 Å². The molecular formula is C10H10N2O2. The van der Waals surface area contributed by atoms with Gasteiger partial charge >= 0.3 is 5.97 Å². The van der Waals surface area contributed by atoms with Gasteiger partial charge in [-0.3, -0.25) is 0 Å². The maximum absolute atomic E-state index is 10.8. The predicted octanol–water partition coefficient (Wildman–Crippen LogP) is 1.30. The van der Waals surface area contributed by atoms with E-state index in [9.17, 15) is 4.79 Å². The average molecular weight is 190 g/mol. The number of carboxylic acids is 1. The summed E-state index contributed by atoms with van der Waals surface area (Å²) in [6, 6.07) is 7.83. The van der Waals surface area contributed by atoms with E-state index in [0.29, 0.717) is 5.56 Å². The highest BCUT2D eigenvalue weighted by Gasteiger charge is 2.14. The van der Waals surface area contributed by atoms with Crippen LogP contribution in [0.2, 0.25) is 0 Å². The van der Waals surface area contributed by atoms with Gasteiger partial charge in [0.1, 0.15) is 0 Å². The van der Waals surface area contributed by atoms with E-state index in [1.807, 2.05) is 6.07 Å². The molecule has 0 spiro atoms. The van der Waals surface area contributed by atoms with E-state index < -0.39 is 12.0 Å². The molecule has 1 aromatic carbocycles. The second-order valence-electron chi connectivity index (χ2n) is 2.86. The van der Waals surface area contributed by atoms with Crippen molar-refractivity contribution >= 4 is 5.97 Å². The summed E-state index contributed by atoms with van der Waals surface area (Å²) < 4.78 is 0. The molecule has 14 heavy (non-hydrogen) atoms. The highest BCUT2D eigenvalue weighted by Crippen LogP contribution is 2.18. The lowest BCUT2D eigenvalue weighted by atomic mass is 9.99. The summed E-state index contributed by atoms with van der Waals surface area (Å²) >= 11 is 0. The Kier molecular flexibility index (Phi) is 3.21. The van der Waals surface area contributed by atoms with Crippen LogP contribution < -0.4 is 5.73 Å². The molecule has 0 bridgehead atoms. The molecule has 4 nitrogen and oxygen atoms in total. The first-order chi connectivity index (χ1) is 6.66. The van der Waals surface area contributed by atoms with Crippen LogP contribution in [0.15, 0.2) is 24.3 Å². The fraction of sp³-hybridized carbons (Fsp3) is 0.200. The number of rotatable bonds is 3. The zero-order chi connectivity index (χ0) is 10.6. The summed E-state index contributed by atoms with van der Waals surface area (Å²) in [6.45, 7) is 0. The van der Waals surface area contributed by atoms with Crippen molar-refractivity contribution in [2.24, 2.45) is 5.73 Å². The van der Waals surface area contributed by atoms with E-state index in [4.69, 9.17) is 16.1 Å².